The van der Waals surface area contributed by atoms with E-state index in [1.165, 1.54) is 0 Å². The molecule has 0 heterocycles. The van der Waals surface area contributed by atoms with Crippen molar-refractivity contribution < 1.29 is 29.3 Å². The zero-order valence-corrected chi connectivity index (χ0v) is 20.7. The molecule has 6 nitrogen and oxygen atoms in total. The molecule has 0 radical (unpaired) electrons. The monoisotopic (exact) mass is 458 g/mol. The fraction of sp³-hybridized carbons (Fsp3) is 0.741. The summed E-state index contributed by atoms with van der Waals surface area (Å²) in [5.41, 5.74) is -2.50. The normalized spacial score (nSPS) is 44.4. The quantitative estimate of drug-likeness (QED) is 0.629. The van der Waals surface area contributed by atoms with E-state index in [2.05, 4.69) is 13.8 Å². The van der Waals surface area contributed by atoms with Crippen molar-refractivity contribution in [2.75, 3.05) is 6.61 Å². The van der Waals surface area contributed by atoms with Crippen LogP contribution in [0.25, 0.3) is 0 Å². The number of esters is 1. The zero-order chi connectivity index (χ0) is 24.6. The number of hydrogen-bond acceptors (Lipinski definition) is 6. The molecule has 3 saturated carbocycles. The summed E-state index contributed by atoms with van der Waals surface area (Å²) in [5, 5.41) is 23.2. The first-order valence-corrected chi connectivity index (χ1v) is 12.2. The third-order valence-electron chi connectivity index (χ3n) is 9.38. The summed E-state index contributed by atoms with van der Waals surface area (Å²) in [5.74, 6) is -0.675. The van der Waals surface area contributed by atoms with Crippen LogP contribution in [0.4, 0.5) is 0 Å². The number of hydrogen-bond donors (Lipinski definition) is 2. The van der Waals surface area contributed by atoms with E-state index in [0.29, 0.717) is 19.3 Å². The Morgan fingerprint density at radius 3 is 2.55 bits per heavy atom. The van der Waals surface area contributed by atoms with E-state index in [1.54, 1.807) is 32.9 Å². The first kappa shape index (κ1) is 24.3. The lowest BCUT2D eigenvalue weighted by Gasteiger charge is -2.60. The Morgan fingerprint density at radius 1 is 1.24 bits per heavy atom. The molecule has 0 aliphatic heterocycles. The SMILES string of the molecule is C[C@H]1C[C@@H]2[C@H]([C@@H](O)C[C@@]3(C)[C@H]2CC[C@]3(O)C(=O)COC(=O)C(C)(C)C)[C@@]2(C)C=CC(=O)C=C12. The number of ketones is 2. The molecule has 3 fully saturated rings. The smallest absolute Gasteiger partial charge is 0.311 e. The number of fused-ring (bicyclic) bond motifs is 5. The van der Waals surface area contributed by atoms with Gasteiger partial charge in [0.05, 0.1) is 11.5 Å². The van der Waals surface area contributed by atoms with Crippen molar-refractivity contribution >= 4 is 17.5 Å². The van der Waals surface area contributed by atoms with Gasteiger partial charge in [0, 0.05) is 16.7 Å². The maximum Gasteiger partial charge on any atom is 0.311 e. The highest BCUT2D eigenvalue weighted by Gasteiger charge is 2.68. The van der Waals surface area contributed by atoms with Crippen molar-refractivity contribution in [1.82, 2.24) is 0 Å². The van der Waals surface area contributed by atoms with E-state index in [1.807, 2.05) is 13.0 Å². The Kier molecular flexibility index (Phi) is 5.61. The molecule has 4 aliphatic rings. The van der Waals surface area contributed by atoms with Crippen LogP contribution < -0.4 is 0 Å². The topological polar surface area (TPSA) is 101 Å². The van der Waals surface area contributed by atoms with Crippen molar-refractivity contribution in [3.05, 3.63) is 23.8 Å². The summed E-state index contributed by atoms with van der Waals surface area (Å²) in [6.45, 7) is 10.9. The highest BCUT2D eigenvalue weighted by Crippen LogP contribution is 2.67. The summed E-state index contributed by atoms with van der Waals surface area (Å²) in [4.78, 5) is 37.5. The van der Waals surface area contributed by atoms with Gasteiger partial charge in [0.1, 0.15) is 5.60 Å². The average molecular weight is 459 g/mol. The Morgan fingerprint density at radius 2 is 1.91 bits per heavy atom. The number of aliphatic hydroxyl groups excluding tert-OH is 1. The molecule has 4 aliphatic carbocycles. The molecule has 8 atom stereocenters. The lowest BCUT2D eigenvalue weighted by atomic mass is 9.45. The standard InChI is InChI=1S/C27H38O6/c1-15-11-17-18-8-10-27(32,21(30)14-33-23(31)24(2,3)4)26(18,6)13-20(29)22(17)25(5)9-7-16(28)12-19(15)25/h7,9,12,15,17-18,20,22,29,32H,8,10-11,13-14H2,1-6H3/t15-,17-,18-,20-,22+,25-,26-,27-/m0/s1. The van der Waals surface area contributed by atoms with Gasteiger partial charge in [0.15, 0.2) is 12.4 Å². The van der Waals surface area contributed by atoms with E-state index in [4.69, 9.17) is 4.74 Å². The fourth-order valence-corrected chi connectivity index (χ4v) is 7.68. The van der Waals surface area contributed by atoms with Gasteiger partial charge in [0.2, 0.25) is 5.78 Å². The van der Waals surface area contributed by atoms with Gasteiger partial charge in [-0.2, -0.15) is 0 Å². The lowest BCUT2D eigenvalue weighted by molar-refractivity contribution is -0.183. The minimum Gasteiger partial charge on any atom is -0.457 e. The minimum absolute atomic E-state index is 0.00597. The van der Waals surface area contributed by atoms with Crippen molar-refractivity contribution in [2.24, 2.45) is 39.9 Å². The number of Topliss-reactive ketones (excluding diaryl/α,β-unsaturated/α-hetero) is 1. The minimum atomic E-state index is -1.64. The number of carbonyl (C=O) groups is 3. The van der Waals surface area contributed by atoms with Crippen LogP contribution in [-0.4, -0.2) is 46.1 Å². The average Bonchev–Trinajstić information content (AvgIpc) is 2.98. The van der Waals surface area contributed by atoms with Gasteiger partial charge in [-0.1, -0.05) is 32.4 Å². The van der Waals surface area contributed by atoms with Crippen LogP contribution in [0.2, 0.25) is 0 Å². The second-order valence-corrected chi connectivity index (χ2v) is 12.4. The van der Waals surface area contributed by atoms with Crippen LogP contribution >= 0.6 is 0 Å². The maximum absolute atomic E-state index is 13.3. The van der Waals surface area contributed by atoms with E-state index in [-0.39, 0.29) is 29.5 Å². The summed E-state index contributed by atoms with van der Waals surface area (Å²) in [6, 6.07) is 0. The van der Waals surface area contributed by atoms with Gasteiger partial charge >= 0.3 is 5.97 Å². The van der Waals surface area contributed by atoms with Crippen molar-refractivity contribution in [2.45, 2.75) is 78.9 Å². The first-order valence-electron chi connectivity index (χ1n) is 12.2. The number of carbonyl (C=O) groups excluding carboxylic acids is 3. The number of allylic oxidation sites excluding steroid dienone is 4. The van der Waals surface area contributed by atoms with E-state index in [0.717, 1.165) is 12.0 Å². The predicted molar refractivity (Wildman–Crippen MR) is 123 cm³/mol. The molecule has 0 spiro atoms. The molecule has 2 N–H and O–H groups in total. The highest BCUT2D eigenvalue weighted by atomic mass is 16.5. The molecule has 0 unspecified atom stereocenters. The molecule has 6 heteroatoms. The summed E-state index contributed by atoms with van der Waals surface area (Å²) in [6.07, 6.45) is 6.69. The predicted octanol–water partition coefficient (Wildman–Crippen LogP) is 3.40. The summed E-state index contributed by atoms with van der Waals surface area (Å²) in [7, 11) is 0. The summed E-state index contributed by atoms with van der Waals surface area (Å²) < 4.78 is 5.26. The molecule has 33 heavy (non-hydrogen) atoms. The van der Waals surface area contributed by atoms with Gasteiger partial charge in [-0.25, -0.2) is 0 Å². The molecule has 0 amide bonds. The Hall–Kier alpha value is -1.79. The van der Waals surface area contributed by atoms with Gasteiger partial charge in [-0.3, -0.25) is 14.4 Å². The molecule has 0 bridgehead atoms. The lowest BCUT2D eigenvalue weighted by Crippen LogP contribution is -2.62. The third-order valence-corrected chi connectivity index (χ3v) is 9.38. The van der Waals surface area contributed by atoms with Crippen LogP contribution in [-0.2, 0) is 19.1 Å². The van der Waals surface area contributed by atoms with Gasteiger partial charge in [0.25, 0.3) is 0 Å². The Bertz CT molecular complexity index is 941. The zero-order valence-electron chi connectivity index (χ0n) is 20.7. The van der Waals surface area contributed by atoms with Crippen molar-refractivity contribution in [3.63, 3.8) is 0 Å². The second-order valence-electron chi connectivity index (χ2n) is 12.4. The van der Waals surface area contributed by atoms with Gasteiger partial charge in [-0.15, -0.1) is 0 Å². The third kappa shape index (κ3) is 3.47. The van der Waals surface area contributed by atoms with Crippen molar-refractivity contribution in [3.8, 4) is 0 Å². The molecule has 0 aromatic heterocycles. The van der Waals surface area contributed by atoms with E-state index >= 15 is 0 Å². The Labute approximate surface area is 196 Å². The highest BCUT2D eigenvalue weighted by molar-refractivity contribution is 6.01. The van der Waals surface area contributed by atoms with Crippen LogP contribution in [0.5, 0.6) is 0 Å². The molecule has 0 saturated heterocycles. The molecule has 0 aromatic carbocycles. The molecular formula is C27H38O6. The van der Waals surface area contributed by atoms with Crippen LogP contribution in [0, 0.1) is 39.9 Å². The van der Waals surface area contributed by atoms with Gasteiger partial charge in [-0.05, 0) is 76.4 Å². The molecular weight excluding hydrogens is 420 g/mol. The Balaban J connectivity index is 1.63. The number of ether oxygens (including phenoxy) is 1. The second kappa shape index (κ2) is 7.61. The van der Waals surface area contributed by atoms with Crippen molar-refractivity contribution in [1.29, 1.82) is 0 Å². The van der Waals surface area contributed by atoms with Crippen LogP contribution in [0.1, 0.15) is 67.2 Å². The van der Waals surface area contributed by atoms with E-state index < -0.39 is 46.3 Å². The molecule has 0 aromatic rings. The number of aliphatic hydroxyl groups is 2. The summed E-state index contributed by atoms with van der Waals surface area (Å²) >= 11 is 0. The molecule has 182 valence electrons. The van der Waals surface area contributed by atoms with Crippen LogP contribution in [0.15, 0.2) is 23.8 Å². The molecule has 4 rings (SSSR count). The van der Waals surface area contributed by atoms with E-state index in [9.17, 15) is 24.6 Å². The first-order chi connectivity index (χ1) is 15.1. The number of rotatable bonds is 3. The van der Waals surface area contributed by atoms with Gasteiger partial charge < -0.3 is 14.9 Å². The fourth-order valence-electron chi connectivity index (χ4n) is 7.68. The van der Waals surface area contributed by atoms with Crippen LogP contribution in [0.3, 0.4) is 0 Å². The largest absolute Gasteiger partial charge is 0.457 e. The maximum atomic E-state index is 13.3.